The average Bonchev–Trinajstić information content (AvgIpc) is 2.63. The molecule has 0 aliphatic heterocycles. The van der Waals surface area contributed by atoms with Crippen molar-refractivity contribution in [3.05, 3.63) is 24.3 Å². The molecule has 0 saturated carbocycles. The molecule has 0 aliphatic rings. The minimum Gasteiger partial charge on any atom is -0.377 e. The first-order chi connectivity index (χ1) is 12.7. The minimum absolute atomic E-state index is 0.406. The van der Waals surface area contributed by atoms with Gasteiger partial charge in [-0.25, -0.2) is 0 Å². The van der Waals surface area contributed by atoms with Crippen LogP contribution < -0.4 is 0 Å². The van der Waals surface area contributed by atoms with Crippen LogP contribution in [0, 0.1) is 0 Å². The van der Waals surface area contributed by atoms with Gasteiger partial charge < -0.3 is 9.64 Å². The Labute approximate surface area is 165 Å². The van der Waals surface area contributed by atoms with Gasteiger partial charge in [-0.15, -0.1) is 0 Å². The normalized spacial score (nSPS) is 13.4. The predicted octanol–water partition coefficient (Wildman–Crippen LogP) is 7.16. The molecule has 1 atom stereocenters. The van der Waals surface area contributed by atoms with Gasteiger partial charge in [0, 0.05) is 13.2 Å². The topological polar surface area (TPSA) is 12.5 Å². The van der Waals surface area contributed by atoms with Crippen molar-refractivity contribution >= 4 is 0 Å². The van der Waals surface area contributed by atoms with Gasteiger partial charge in [0.25, 0.3) is 0 Å². The van der Waals surface area contributed by atoms with Crippen LogP contribution in [0.15, 0.2) is 24.3 Å². The molecule has 0 aliphatic carbocycles. The average molecular weight is 366 g/mol. The third-order valence-corrected chi connectivity index (χ3v) is 4.72. The van der Waals surface area contributed by atoms with Crippen LogP contribution in [0.5, 0.6) is 0 Å². The maximum atomic E-state index is 5.96. The Bertz CT molecular complexity index is 322. The largest absolute Gasteiger partial charge is 0.377 e. The molecule has 1 unspecified atom stereocenters. The van der Waals surface area contributed by atoms with Crippen molar-refractivity contribution in [3.8, 4) is 0 Å². The first kappa shape index (κ1) is 25.4. The van der Waals surface area contributed by atoms with E-state index in [4.69, 9.17) is 4.74 Å². The Hall–Kier alpha value is -0.600. The van der Waals surface area contributed by atoms with Crippen molar-refractivity contribution in [2.75, 3.05) is 27.2 Å². The second-order valence-electron chi connectivity index (χ2n) is 7.75. The van der Waals surface area contributed by atoms with E-state index in [2.05, 4.69) is 57.1 Å². The van der Waals surface area contributed by atoms with Gasteiger partial charge in [-0.1, -0.05) is 76.7 Å². The molecule has 0 amide bonds. The summed E-state index contributed by atoms with van der Waals surface area (Å²) in [6, 6.07) is 0. The first-order valence-electron chi connectivity index (χ1n) is 11.3. The summed E-state index contributed by atoms with van der Waals surface area (Å²) in [6.07, 6.45) is 26.5. The van der Waals surface area contributed by atoms with Crippen LogP contribution in [-0.4, -0.2) is 38.3 Å². The molecule has 0 N–H and O–H groups in total. The van der Waals surface area contributed by atoms with E-state index in [9.17, 15) is 0 Å². The number of rotatable bonds is 19. The van der Waals surface area contributed by atoms with Crippen LogP contribution in [0.3, 0.4) is 0 Å². The zero-order valence-electron chi connectivity index (χ0n) is 18.3. The highest BCUT2D eigenvalue weighted by Crippen LogP contribution is 2.09. The summed E-state index contributed by atoms with van der Waals surface area (Å²) in [5.41, 5.74) is 0. The summed E-state index contributed by atoms with van der Waals surface area (Å²) < 4.78 is 5.96. The van der Waals surface area contributed by atoms with Gasteiger partial charge in [0.2, 0.25) is 0 Å². The second kappa shape index (κ2) is 20.7. The van der Waals surface area contributed by atoms with E-state index >= 15 is 0 Å². The molecule has 0 spiro atoms. The Morgan fingerprint density at radius 1 is 0.731 bits per heavy atom. The fourth-order valence-corrected chi connectivity index (χ4v) is 3.05. The molecule has 26 heavy (non-hydrogen) atoms. The summed E-state index contributed by atoms with van der Waals surface area (Å²) in [5.74, 6) is 0. The molecule has 154 valence electrons. The van der Waals surface area contributed by atoms with Crippen LogP contribution in [-0.2, 0) is 4.74 Å². The molecule has 0 heterocycles. The molecule has 2 heteroatoms. The highest BCUT2D eigenvalue weighted by molar-refractivity contribution is 4.92. The van der Waals surface area contributed by atoms with Crippen LogP contribution in [0.2, 0.25) is 0 Å². The smallest absolute Gasteiger partial charge is 0.0699 e. The number of likely N-dealkylation sites (N-methyl/N-ethyl adjacent to an activating group) is 1. The van der Waals surface area contributed by atoms with Crippen LogP contribution >= 0.6 is 0 Å². The molecule has 0 radical (unpaired) electrons. The van der Waals surface area contributed by atoms with E-state index in [0.29, 0.717) is 6.10 Å². The Balaban J connectivity index is 3.29. The van der Waals surface area contributed by atoms with Crippen LogP contribution in [0.4, 0.5) is 0 Å². The summed E-state index contributed by atoms with van der Waals surface area (Å²) >= 11 is 0. The lowest BCUT2D eigenvalue weighted by Crippen LogP contribution is -2.28. The fraction of sp³-hybridized carbons (Fsp3) is 0.833. The monoisotopic (exact) mass is 365 g/mol. The van der Waals surface area contributed by atoms with Gasteiger partial charge in [-0.3, -0.25) is 0 Å². The summed E-state index contributed by atoms with van der Waals surface area (Å²) in [4.78, 5) is 2.21. The van der Waals surface area contributed by atoms with Crippen molar-refractivity contribution in [3.63, 3.8) is 0 Å². The zero-order chi connectivity index (χ0) is 19.3. The maximum Gasteiger partial charge on any atom is 0.0699 e. The molecule has 0 rings (SSSR count). The quantitative estimate of drug-likeness (QED) is 0.178. The molecular weight excluding hydrogens is 318 g/mol. The van der Waals surface area contributed by atoms with Crippen LogP contribution in [0.25, 0.3) is 0 Å². The Morgan fingerprint density at radius 3 is 1.88 bits per heavy atom. The maximum absolute atomic E-state index is 5.96. The van der Waals surface area contributed by atoms with E-state index < -0.39 is 0 Å². The Kier molecular flexibility index (Phi) is 20.2. The van der Waals surface area contributed by atoms with E-state index in [1.54, 1.807) is 0 Å². The van der Waals surface area contributed by atoms with Crippen molar-refractivity contribution in [1.82, 2.24) is 4.90 Å². The van der Waals surface area contributed by atoms with E-state index in [1.165, 1.54) is 70.6 Å². The van der Waals surface area contributed by atoms with Crippen molar-refractivity contribution in [2.24, 2.45) is 0 Å². The first-order valence-corrected chi connectivity index (χ1v) is 11.3. The lowest BCUT2D eigenvalue weighted by Gasteiger charge is -2.20. The molecule has 0 saturated heterocycles. The number of unbranched alkanes of at least 4 members (excludes halogenated alkanes) is 9. The predicted molar refractivity (Wildman–Crippen MR) is 118 cm³/mol. The number of nitrogens with zero attached hydrogens (tertiary/aromatic N) is 1. The number of ether oxygens (including phenoxy) is 1. The summed E-state index contributed by atoms with van der Waals surface area (Å²) in [6.45, 7) is 6.45. The van der Waals surface area contributed by atoms with Crippen molar-refractivity contribution in [2.45, 2.75) is 103 Å². The zero-order valence-corrected chi connectivity index (χ0v) is 18.3. The lowest BCUT2D eigenvalue weighted by atomic mass is 10.1. The molecular formula is C24H47NO. The third kappa shape index (κ3) is 19.7. The standard InChI is InChI=1S/C24H47NO/c1-5-7-8-9-10-11-12-13-14-15-16-17-18-19-20-21-22-26-24(6-2)23-25(3)4/h10-11,13-14,24H,5-9,12,15-23H2,1-4H3/b11-10-,14-13-. The van der Waals surface area contributed by atoms with Crippen LogP contribution in [0.1, 0.15) is 97.3 Å². The van der Waals surface area contributed by atoms with E-state index in [-0.39, 0.29) is 0 Å². The Morgan fingerprint density at radius 2 is 1.31 bits per heavy atom. The van der Waals surface area contributed by atoms with Crippen molar-refractivity contribution in [1.29, 1.82) is 0 Å². The van der Waals surface area contributed by atoms with Gasteiger partial charge in [-0.05, 0) is 59.0 Å². The summed E-state index contributed by atoms with van der Waals surface area (Å²) in [5, 5.41) is 0. The highest BCUT2D eigenvalue weighted by atomic mass is 16.5. The minimum atomic E-state index is 0.406. The number of hydrogen-bond donors (Lipinski definition) is 0. The molecule has 0 aromatic carbocycles. The fourth-order valence-electron chi connectivity index (χ4n) is 3.05. The van der Waals surface area contributed by atoms with E-state index in [1.807, 2.05) is 0 Å². The summed E-state index contributed by atoms with van der Waals surface area (Å²) in [7, 11) is 4.24. The SMILES string of the molecule is CCCCC/C=C\C/C=C\CCCCCCCCOC(CC)CN(C)C. The number of allylic oxidation sites excluding steroid dienone is 4. The highest BCUT2D eigenvalue weighted by Gasteiger charge is 2.06. The molecule has 0 fully saturated rings. The molecule has 0 aromatic rings. The van der Waals surface area contributed by atoms with Gasteiger partial charge in [0.05, 0.1) is 6.10 Å². The number of hydrogen-bond acceptors (Lipinski definition) is 2. The van der Waals surface area contributed by atoms with E-state index in [0.717, 1.165) is 26.0 Å². The van der Waals surface area contributed by atoms with Crippen molar-refractivity contribution < 1.29 is 4.74 Å². The van der Waals surface area contributed by atoms with Gasteiger partial charge in [-0.2, -0.15) is 0 Å². The van der Waals surface area contributed by atoms with Gasteiger partial charge >= 0.3 is 0 Å². The molecule has 0 bridgehead atoms. The van der Waals surface area contributed by atoms with Gasteiger partial charge in [0.15, 0.2) is 0 Å². The second-order valence-corrected chi connectivity index (χ2v) is 7.75. The molecule has 2 nitrogen and oxygen atoms in total. The van der Waals surface area contributed by atoms with Gasteiger partial charge in [0.1, 0.15) is 0 Å². The molecule has 0 aromatic heterocycles. The lowest BCUT2D eigenvalue weighted by molar-refractivity contribution is 0.0313. The third-order valence-electron chi connectivity index (χ3n) is 4.72.